The maximum atomic E-state index is 12.3. The summed E-state index contributed by atoms with van der Waals surface area (Å²) in [6.45, 7) is 9.09. The second-order valence-electron chi connectivity index (χ2n) is 5.86. The van der Waals surface area contributed by atoms with Gasteiger partial charge in [-0.05, 0) is 26.2 Å². The summed E-state index contributed by atoms with van der Waals surface area (Å²) in [5, 5.41) is 0. The van der Waals surface area contributed by atoms with Crippen LogP contribution < -0.4 is 0 Å². The fourth-order valence-electron chi connectivity index (χ4n) is 3.17. The highest BCUT2D eigenvalue weighted by molar-refractivity contribution is 5.78. The molecule has 1 amide bonds. The number of rotatable bonds is 5. The van der Waals surface area contributed by atoms with Crippen LogP contribution in [0.1, 0.15) is 58.2 Å². The van der Waals surface area contributed by atoms with E-state index in [1.807, 2.05) is 6.20 Å². The molecule has 2 heterocycles. The van der Waals surface area contributed by atoms with Crippen LogP contribution in [-0.2, 0) is 11.3 Å². The summed E-state index contributed by atoms with van der Waals surface area (Å²) in [7, 11) is 0. The van der Waals surface area contributed by atoms with Gasteiger partial charge in [0.05, 0.1) is 0 Å². The van der Waals surface area contributed by atoms with Gasteiger partial charge in [0.15, 0.2) is 0 Å². The van der Waals surface area contributed by atoms with E-state index in [-0.39, 0.29) is 5.92 Å². The van der Waals surface area contributed by atoms with E-state index in [2.05, 4.69) is 41.4 Å². The van der Waals surface area contributed by atoms with Gasteiger partial charge in [-0.2, -0.15) is 0 Å². The lowest BCUT2D eigenvalue weighted by Crippen LogP contribution is -2.41. The van der Waals surface area contributed by atoms with E-state index in [1.54, 1.807) is 0 Å². The molecule has 1 fully saturated rings. The Morgan fingerprint density at radius 1 is 1.40 bits per heavy atom. The fraction of sp³-hybridized carbons (Fsp3) is 0.750. The predicted octanol–water partition coefficient (Wildman–Crippen LogP) is 3.05. The predicted molar refractivity (Wildman–Crippen MR) is 80.5 cm³/mol. The largest absolute Gasteiger partial charge is 0.342 e. The van der Waals surface area contributed by atoms with Gasteiger partial charge in [-0.15, -0.1) is 0 Å². The van der Waals surface area contributed by atoms with Crippen LogP contribution in [0.3, 0.4) is 0 Å². The number of hydrogen-bond donors (Lipinski definition) is 0. The number of aromatic nitrogens is 2. The smallest absolute Gasteiger partial charge is 0.225 e. The Balaban J connectivity index is 1.91. The standard InChI is InChI=1S/C16H27N3O/c1-4-6-13(3)16(20)19-10-7-14(8-11-19)15-17-9-12-18(15)5-2/h9,12-14H,4-8,10-11H2,1-3H3/t13-/m1/s1. The summed E-state index contributed by atoms with van der Waals surface area (Å²) in [5.74, 6) is 2.22. The van der Waals surface area contributed by atoms with Crippen molar-refractivity contribution in [2.24, 2.45) is 5.92 Å². The van der Waals surface area contributed by atoms with Crippen LogP contribution >= 0.6 is 0 Å². The minimum Gasteiger partial charge on any atom is -0.342 e. The molecule has 4 heteroatoms. The minimum atomic E-state index is 0.175. The van der Waals surface area contributed by atoms with Crippen molar-refractivity contribution in [3.63, 3.8) is 0 Å². The Morgan fingerprint density at radius 3 is 2.70 bits per heavy atom. The molecule has 1 atom stereocenters. The van der Waals surface area contributed by atoms with Crippen molar-refractivity contribution in [3.05, 3.63) is 18.2 Å². The number of hydrogen-bond acceptors (Lipinski definition) is 2. The van der Waals surface area contributed by atoms with Gasteiger partial charge in [0.25, 0.3) is 0 Å². The highest BCUT2D eigenvalue weighted by Crippen LogP contribution is 2.27. The fourth-order valence-corrected chi connectivity index (χ4v) is 3.17. The molecular formula is C16H27N3O. The lowest BCUT2D eigenvalue weighted by molar-refractivity contribution is -0.136. The second-order valence-corrected chi connectivity index (χ2v) is 5.86. The lowest BCUT2D eigenvalue weighted by atomic mass is 9.94. The molecule has 0 aromatic carbocycles. The molecule has 20 heavy (non-hydrogen) atoms. The topological polar surface area (TPSA) is 38.1 Å². The van der Waals surface area contributed by atoms with Crippen molar-refractivity contribution in [3.8, 4) is 0 Å². The quantitative estimate of drug-likeness (QED) is 0.829. The Labute approximate surface area is 122 Å². The van der Waals surface area contributed by atoms with E-state index < -0.39 is 0 Å². The summed E-state index contributed by atoms with van der Waals surface area (Å²) in [6, 6.07) is 0. The number of carbonyl (C=O) groups is 1. The molecule has 1 aromatic heterocycles. The highest BCUT2D eigenvalue weighted by Gasteiger charge is 2.27. The van der Waals surface area contributed by atoms with Gasteiger partial charge in [-0.1, -0.05) is 20.3 Å². The molecule has 1 saturated heterocycles. The van der Waals surface area contributed by atoms with E-state index in [1.165, 1.54) is 5.82 Å². The summed E-state index contributed by atoms with van der Waals surface area (Å²) < 4.78 is 2.22. The van der Waals surface area contributed by atoms with Gasteiger partial charge >= 0.3 is 0 Å². The first kappa shape index (κ1) is 15.1. The average molecular weight is 277 g/mol. The first-order valence-corrected chi connectivity index (χ1v) is 7.97. The molecule has 2 rings (SSSR count). The molecule has 0 aliphatic carbocycles. The number of nitrogens with zero attached hydrogens (tertiary/aromatic N) is 3. The van der Waals surface area contributed by atoms with E-state index in [0.29, 0.717) is 11.8 Å². The summed E-state index contributed by atoms with van der Waals surface area (Å²) in [5.41, 5.74) is 0. The number of imidazole rings is 1. The number of aryl methyl sites for hydroxylation is 1. The van der Waals surface area contributed by atoms with Crippen molar-refractivity contribution in [2.75, 3.05) is 13.1 Å². The number of piperidine rings is 1. The molecular weight excluding hydrogens is 250 g/mol. The van der Waals surface area contributed by atoms with Gasteiger partial charge < -0.3 is 9.47 Å². The van der Waals surface area contributed by atoms with Gasteiger partial charge in [0.2, 0.25) is 5.91 Å². The molecule has 1 aliphatic rings. The van der Waals surface area contributed by atoms with Crippen molar-refractivity contribution < 1.29 is 4.79 Å². The monoisotopic (exact) mass is 277 g/mol. The van der Waals surface area contributed by atoms with Crippen molar-refractivity contribution in [1.29, 1.82) is 0 Å². The SMILES string of the molecule is CCC[C@@H](C)C(=O)N1CCC(c2nccn2CC)CC1. The van der Waals surface area contributed by atoms with Crippen LogP contribution in [0.15, 0.2) is 12.4 Å². The molecule has 0 spiro atoms. The van der Waals surface area contributed by atoms with Crippen LogP contribution in [0.25, 0.3) is 0 Å². The molecule has 4 nitrogen and oxygen atoms in total. The molecule has 0 saturated carbocycles. The zero-order valence-corrected chi connectivity index (χ0v) is 13.0. The van der Waals surface area contributed by atoms with Crippen molar-refractivity contribution in [2.45, 2.75) is 58.9 Å². The third-order valence-electron chi connectivity index (χ3n) is 4.40. The Bertz CT molecular complexity index is 433. The normalized spacial score (nSPS) is 18.2. The molecule has 1 aliphatic heterocycles. The first-order chi connectivity index (χ1) is 9.67. The molecule has 0 bridgehead atoms. The van der Waals surface area contributed by atoms with Crippen LogP contribution in [0, 0.1) is 5.92 Å². The Kier molecular flexibility index (Phi) is 5.21. The third-order valence-corrected chi connectivity index (χ3v) is 4.40. The van der Waals surface area contributed by atoms with Gasteiger partial charge in [-0.25, -0.2) is 4.98 Å². The number of likely N-dealkylation sites (tertiary alicyclic amines) is 1. The second kappa shape index (κ2) is 6.91. The number of carbonyl (C=O) groups excluding carboxylic acids is 1. The van der Waals surface area contributed by atoms with E-state index in [9.17, 15) is 4.79 Å². The Morgan fingerprint density at radius 2 is 2.10 bits per heavy atom. The summed E-state index contributed by atoms with van der Waals surface area (Å²) >= 11 is 0. The minimum absolute atomic E-state index is 0.175. The highest BCUT2D eigenvalue weighted by atomic mass is 16.2. The summed E-state index contributed by atoms with van der Waals surface area (Å²) in [4.78, 5) is 18.9. The van der Waals surface area contributed by atoms with Gasteiger partial charge in [0, 0.05) is 43.9 Å². The van der Waals surface area contributed by atoms with E-state index in [0.717, 1.165) is 45.3 Å². The summed E-state index contributed by atoms with van der Waals surface area (Å²) in [6.07, 6.45) is 8.11. The van der Waals surface area contributed by atoms with Crippen molar-refractivity contribution >= 4 is 5.91 Å². The maximum absolute atomic E-state index is 12.3. The lowest BCUT2D eigenvalue weighted by Gasteiger charge is -2.33. The van der Waals surface area contributed by atoms with Crippen molar-refractivity contribution in [1.82, 2.24) is 14.5 Å². The first-order valence-electron chi connectivity index (χ1n) is 7.97. The van der Waals surface area contributed by atoms with Crippen LogP contribution in [-0.4, -0.2) is 33.4 Å². The molecule has 0 N–H and O–H groups in total. The maximum Gasteiger partial charge on any atom is 0.225 e. The zero-order chi connectivity index (χ0) is 14.5. The average Bonchev–Trinajstić information content (AvgIpc) is 2.95. The van der Waals surface area contributed by atoms with E-state index >= 15 is 0 Å². The zero-order valence-electron chi connectivity index (χ0n) is 13.0. The molecule has 1 aromatic rings. The van der Waals surface area contributed by atoms with Gasteiger partial charge in [-0.3, -0.25) is 4.79 Å². The Hall–Kier alpha value is -1.32. The van der Waals surface area contributed by atoms with Crippen LogP contribution in [0.4, 0.5) is 0 Å². The molecule has 0 radical (unpaired) electrons. The molecule has 112 valence electrons. The number of amides is 1. The van der Waals surface area contributed by atoms with Crippen LogP contribution in [0.2, 0.25) is 0 Å². The third kappa shape index (κ3) is 3.22. The van der Waals surface area contributed by atoms with Crippen LogP contribution in [0.5, 0.6) is 0 Å². The van der Waals surface area contributed by atoms with E-state index in [4.69, 9.17) is 0 Å². The molecule has 0 unspecified atom stereocenters. The van der Waals surface area contributed by atoms with Gasteiger partial charge in [0.1, 0.15) is 5.82 Å².